The number of hydrogen-bond donors (Lipinski definition) is 0. The lowest BCUT2D eigenvalue weighted by molar-refractivity contribution is 0.177. The van der Waals surface area contributed by atoms with E-state index in [-0.39, 0.29) is 6.04 Å². The van der Waals surface area contributed by atoms with E-state index in [0.717, 1.165) is 30.3 Å². The number of likely N-dealkylation sites (tertiary alicyclic amines) is 1. The predicted octanol–water partition coefficient (Wildman–Crippen LogP) is 4.04. The number of piperidine rings is 1. The average molecular weight is 325 g/mol. The van der Waals surface area contributed by atoms with E-state index in [1.807, 2.05) is 23.7 Å². The molecule has 1 saturated heterocycles. The fraction of sp³-hybridized carbons (Fsp3) is 0.467. The Morgan fingerprint density at radius 3 is 2.76 bits per heavy atom. The molecule has 1 aromatic carbocycles. The number of rotatable bonds is 2. The third-order valence-electron chi connectivity index (χ3n) is 3.94. The minimum absolute atomic E-state index is 0.284. The van der Waals surface area contributed by atoms with Gasteiger partial charge in [-0.05, 0) is 51.6 Å². The zero-order valence-corrected chi connectivity index (χ0v) is 13.7. The summed E-state index contributed by atoms with van der Waals surface area (Å²) in [6.45, 7) is 3.00. The Labute approximate surface area is 134 Å². The molecule has 0 aliphatic carbocycles. The number of halogens is 2. The van der Waals surface area contributed by atoms with Gasteiger partial charge in [0.25, 0.3) is 0 Å². The maximum Gasteiger partial charge on any atom is 0.149 e. The molecule has 0 unspecified atom stereocenters. The Balaban J connectivity index is 2.06. The van der Waals surface area contributed by atoms with E-state index in [0.29, 0.717) is 10.0 Å². The van der Waals surface area contributed by atoms with E-state index in [1.54, 1.807) is 6.07 Å². The van der Waals surface area contributed by atoms with Crippen molar-refractivity contribution in [3.63, 3.8) is 0 Å². The van der Waals surface area contributed by atoms with E-state index in [1.165, 1.54) is 12.8 Å². The van der Waals surface area contributed by atoms with Crippen LogP contribution >= 0.6 is 23.2 Å². The molecule has 2 heterocycles. The first kappa shape index (κ1) is 14.8. The normalized spacial score (nSPS) is 19.9. The fourth-order valence-corrected chi connectivity index (χ4v) is 3.37. The summed E-state index contributed by atoms with van der Waals surface area (Å²) < 4.78 is 1.86. The van der Waals surface area contributed by atoms with Gasteiger partial charge in [-0.2, -0.15) is 5.10 Å². The lowest BCUT2D eigenvalue weighted by Crippen LogP contribution is -2.31. The minimum Gasteiger partial charge on any atom is -0.296 e. The van der Waals surface area contributed by atoms with Crippen molar-refractivity contribution in [1.29, 1.82) is 0 Å². The van der Waals surface area contributed by atoms with Gasteiger partial charge in [0, 0.05) is 5.02 Å². The number of hydrogen-bond acceptors (Lipinski definition) is 3. The molecule has 0 bridgehead atoms. The minimum atomic E-state index is 0.284. The van der Waals surface area contributed by atoms with Gasteiger partial charge in [0.2, 0.25) is 0 Å². The molecule has 6 heteroatoms. The topological polar surface area (TPSA) is 34.0 Å². The standard InChI is InChI=1S/C15H18Cl2N4/c1-10-18-15(14-5-3-4-8-20(14)2)21(19-10)13-7-6-11(16)9-12(13)17/h6-7,9,14H,3-5,8H2,1-2H3/t14-/m1/s1. The fourth-order valence-electron chi connectivity index (χ4n) is 2.88. The Morgan fingerprint density at radius 1 is 1.24 bits per heavy atom. The van der Waals surface area contributed by atoms with Crippen molar-refractivity contribution in [3.8, 4) is 5.69 Å². The number of aromatic nitrogens is 3. The quantitative estimate of drug-likeness (QED) is 0.836. The lowest BCUT2D eigenvalue weighted by Gasteiger charge is -2.31. The predicted molar refractivity (Wildman–Crippen MR) is 85.3 cm³/mol. The highest BCUT2D eigenvalue weighted by Crippen LogP contribution is 2.32. The molecule has 0 spiro atoms. The molecule has 0 radical (unpaired) electrons. The third-order valence-corrected chi connectivity index (χ3v) is 4.48. The third kappa shape index (κ3) is 2.93. The summed E-state index contributed by atoms with van der Waals surface area (Å²) >= 11 is 12.3. The average Bonchev–Trinajstić information content (AvgIpc) is 2.81. The molecule has 3 rings (SSSR count). The van der Waals surface area contributed by atoms with Crippen molar-refractivity contribution < 1.29 is 0 Å². The van der Waals surface area contributed by atoms with Crippen LogP contribution in [0.5, 0.6) is 0 Å². The molecule has 1 aromatic heterocycles. The molecular weight excluding hydrogens is 307 g/mol. The summed E-state index contributed by atoms with van der Waals surface area (Å²) in [4.78, 5) is 6.98. The van der Waals surface area contributed by atoms with Crippen LogP contribution in [0.1, 0.15) is 37.0 Å². The summed E-state index contributed by atoms with van der Waals surface area (Å²) in [5, 5.41) is 5.74. The molecule has 1 aliphatic rings. The summed E-state index contributed by atoms with van der Waals surface area (Å²) in [6, 6.07) is 5.75. The summed E-state index contributed by atoms with van der Waals surface area (Å²) in [5.41, 5.74) is 0.829. The molecule has 0 saturated carbocycles. The van der Waals surface area contributed by atoms with Crippen LogP contribution in [-0.2, 0) is 0 Å². The van der Waals surface area contributed by atoms with E-state index < -0.39 is 0 Å². The first-order valence-electron chi connectivity index (χ1n) is 7.15. The highest BCUT2D eigenvalue weighted by atomic mass is 35.5. The number of nitrogens with zero attached hydrogens (tertiary/aromatic N) is 4. The van der Waals surface area contributed by atoms with Crippen LogP contribution < -0.4 is 0 Å². The van der Waals surface area contributed by atoms with Crippen molar-refractivity contribution >= 4 is 23.2 Å². The molecular formula is C15H18Cl2N4. The van der Waals surface area contributed by atoms with Crippen LogP contribution in [0.4, 0.5) is 0 Å². The SMILES string of the molecule is Cc1nc([C@H]2CCCCN2C)n(-c2ccc(Cl)cc2Cl)n1. The monoisotopic (exact) mass is 324 g/mol. The molecule has 1 atom stereocenters. The van der Waals surface area contributed by atoms with Gasteiger partial charge in [0.05, 0.1) is 16.8 Å². The first-order chi connectivity index (χ1) is 10.1. The Bertz CT molecular complexity index is 653. The second kappa shape index (κ2) is 5.95. The van der Waals surface area contributed by atoms with E-state index in [9.17, 15) is 0 Å². The van der Waals surface area contributed by atoms with Crippen molar-refractivity contribution in [2.45, 2.75) is 32.2 Å². The second-order valence-electron chi connectivity index (χ2n) is 5.52. The van der Waals surface area contributed by atoms with E-state index in [4.69, 9.17) is 23.2 Å². The summed E-state index contributed by atoms with van der Waals surface area (Å²) in [7, 11) is 2.14. The van der Waals surface area contributed by atoms with Gasteiger partial charge in [-0.3, -0.25) is 4.90 Å². The molecule has 1 fully saturated rings. The molecule has 112 valence electrons. The van der Waals surface area contributed by atoms with Crippen molar-refractivity contribution in [2.24, 2.45) is 0 Å². The largest absolute Gasteiger partial charge is 0.296 e. The van der Waals surface area contributed by atoms with Crippen LogP contribution in [0.3, 0.4) is 0 Å². The molecule has 4 nitrogen and oxygen atoms in total. The van der Waals surface area contributed by atoms with Gasteiger partial charge in [0.15, 0.2) is 0 Å². The summed E-state index contributed by atoms with van der Waals surface area (Å²) in [6.07, 6.45) is 3.55. The van der Waals surface area contributed by atoms with E-state index >= 15 is 0 Å². The van der Waals surface area contributed by atoms with Gasteiger partial charge in [0.1, 0.15) is 11.6 Å². The van der Waals surface area contributed by atoms with E-state index in [2.05, 4.69) is 22.0 Å². The van der Waals surface area contributed by atoms with Gasteiger partial charge in [-0.15, -0.1) is 0 Å². The van der Waals surface area contributed by atoms with Crippen molar-refractivity contribution in [1.82, 2.24) is 19.7 Å². The zero-order valence-electron chi connectivity index (χ0n) is 12.2. The van der Waals surface area contributed by atoms with Crippen LogP contribution in [0.15, 0.2) is 18.2 Å². The molecule has 0 amide bonds. The van der Waals surface area contributed by atoms with Crippen molar-refractivity contribution in [3.05, 3.63) is 39.9 Å². The second-order valence-corrected chi connectivity index (χ2v) is 6.36. The van der Waals surface area contributed by atoms with Gasteiger partial charge >= 0.3 is 0 Å². The van der Waals surface area contributed by atoms with Gasteiger partial charge in [-0.25, -0.2) is 9.67 Å². The smallest absolute Gasteiger partial charge is 0.149 e. The highest BCUT2D eigenvalue weighted by Gasteiger charge is 2.27. The summed E-state index contributed by atoms with van der Waals surface area (Å²) in [5.74, 6) is 1.72. The zero-order chi connectivity index (χ0) is 15.0. The molecule has 0 N–H and O–H groups in total. The Morgan fingerprint density at radius 2 is 2.05 bits per heavy atom. The lowest BCUT2D eigenvalue weighted by atomic mass is 10.0. The maximum absolute atomic E-state index is 6.33. The number of aryl methyl sites for hydroxylation is 1. The number of benzene rings is 1. The van der Waals surface area contributed by atoms with Crippen LogP contribution in [0, 0.1) is 6.92 Å². The van der Waals surface area contributed by atoms with Crippen LogP contribution in [0.2, 0.25) is 10.0 Å². The van der Waals surface area contributed by atoms with Crippen LogP contribution in [-0.4, -0.2) is 33.3 Å². The molecule has 21 heavy (non-hydrogen) atoms. The Hall–Kier alpha value is -1.10. The van der Waals surface area contributed by atoms with Gasteiger partial charge in [-0.1, -0.05) is 29.6 Å². The van der Waals surface area contributed by atoms with Gasteiger partial charge < -0.3 is 0 Å². The first-order valence-corrected chi connectivity index (χ1v) is 7.91. The molecule has 2 aromatic rings. The van der Waals surface area contributed by atoms with Crippen LogP contribution in [0.25, 0.3) is 5.69 Å². The van der Waals surface area contributed by atoms with Crippen molar-refractivity contribution in [2.75, 3.05) is 13.6 Å². The maximum atomic E-state index is 6.33. The highest BCUT2D eigenvalue weighted by molar-refractivity contribution is 6.35. The Kier molecular flexibility index (Phi) is 4.20. The molecule has 1 aliphatic heterocycles.